The number of aromatic nitrogens is 5. The molecule has 12 heteroatoms. The van der Waals surface area contributed by atoms with Crippen LogP contribution in [0.5, 0.6) is 0 Å². The summed E-state index contributed by atoms with van der Waals surface area (Å²) in [5, 5.41) is 12.2. The smallest absolute Gasteiger partial charge is 0.263 e. The molecule has 0 aliphatic rings. The van der Waals surface area contributed by atoms with E-state index in [2.05, 4.69) is 35.2 Å². The monoisotopic (exact) mass is 519 g/mol. The summed E-state index contributed by atoms with van der Waals surface area (Å²) in [5.41, 5.74) is 2.68. The van der Waals surface area contributed by atoms with Gasteiger partial charge in [-0.2, -0.15) is 0 Å². The maximum absolute atomic E-state index is 12.9. The third kappa shape index (κ3) is 4.99. The standard InChI is InChI=1S/C24H21N7O3S2/c1-2-19(35-24-28-22-21(29-30-24)17-7-3-4-8-18(17)27-22)23(32)26-15-10-12-16(13-11-15)36(33,34)31-20-9-5-6-14-25-20/h3-14,19H,2H2,1H3,(H,25,31)(H,26,32)(H,27,28,30). The van der Waals surface area contributed by atoms with E-state index in [0.717, 1.165) is 10.9 Å². The molecular weight excluding hydrogens is 498 g/mol. The Kier molecular flexibility index (Phi) is 6.53. The first kappa shape index (κ1) is 23.7. The van der Waals surface area contributed by atoms with E-state index in [0.29, 0.717) is 28.4 Å². The molecular formula is C24H21N7O3S2. The number of aromatic amines is 1. The van der Waals surface area contributed by atoms with Gasteiger partial charge in [0, 0.05) is 22.8 Å². The van der Waals surface area contributed by atoms with Gasteiger partial charge >= 0.3 is 0 Å². The summed E-state index contributed by atoms with van der Waals surface area (Å²) in [6, 6.07) is 18.6. The van der Waals surface area contributed by atoms with Gasteiger partial charge in [0.2, 0.25) is 11.1 Å². The molecule has 2 aromatic carbocycles. The lowest BCUT2D eigenvalue weighted by Crippen LogP contribution is -2.25. The van der Waals surface area contributed by atoms with Crippen molar-refractivity contribution >= 4 is 61.3 Å². The van der Waals surface area contributed by atoms with Gasteiger partial charge in [-0.15, -0.1) is 10.2 Å². The van der Waals surface area contributed by atoms with Crippen LogP contribution in [-0.2, 0) is 14.8 Å². The predicted molar refractivity (Wildman–Crippen MR) is 139 cm³/mol. The van der Waals surface area contributed by atoms with Gasteiger partial charge in [-0.05, 0) is 48.9 Å². The maximum Gasteiger partial charge on any atom is 0.263 e. The Morgan fingerprint density at radius 2 is 1.81 bits per heavy atom. The molecule has 0 aliphatic heterocycles. The number of rotatable bonds is 8. The highest BCUT2D eigenvalue weighted by Crippen LogP contribution is 2.27. The van der Waals surface area contributed by atoms with E-state index in [1.54, 1.807) is 18.2 Å². The van der Waals surface area contributed by atoms with Gasteiger partial charge in [0.25, 0.3) is 10.0 Å². The first-order valence-corrected chi connectivity index (χ1v) is 13.4. The first-order chi connectivity index (χ1) is 17.4. The number of carbonyl (C=O) groups is 1. The number of pyridine rings is 1. The van der Waals surface area contributed by atoms with E-state index in [4.69, 9.17) is 0 Å². The molecule has 10 nitrogen and oxygen atoms in total. The Bertz CT molecular complexity index is 1640. The maximum atomic E-state index is 12.9. The second kappa shape index (κ2) is 9.91. The summed E-state index contributed by atoms with van der Waals surface area (Å²) < 4.78 is 27.6. The van der Waals surface area contributed by atoms with Crippen LogP contribution in [0.25, 0.3) is 22.1 Å². The third-order valence-corrected chi connectivity index (χ3v) is 7.94. The Balaban J connectivity index is 1.27. The molecule has 182 valence electrons. The number of carbonyl (C=O) groups excluding carboxylic acids is 1. The lowest BCUT2D eigenvalue weighted by atomic mass is 10.2. The lowest BCUT2D eigenvalue weighted by molar-refractivity contribution is -0.115. The number of hydrogen-bond acceptors (Lipinski definition) is 8. The number of thioether (sulfide) groups is 1. The van der Waals surface area contributed by atoms with Gasteiger partial charge in [-0.1, -0.05) is 43.0 Å². The highest BCUT2D eigenvalue weighted by molar-refractivity contribution is 8.00. The van der Waals surface area contributed by atoms with Gasteiger partial charge in [-0.25, -0.2) is 18.4 Å². The molecule has 5 rings (SSSR count). The second-order valence-corrected chi connectivity index (χ2v) is 10.7. The molecule has 0 aliphatic carbocycles. The highest BCUT2D eigenvalue weighted by Gasteiger charge is 2.21. The lowest BCUT2D eigenvalue weighted by Gasteiger charge is -2.14. The zero-order chi connectivity index (χ0) is 25.1. The first-order valence-electron chi connectivity index (χ1n) is 11.1. The van der Waals surface area contributed by atoms with Crippen LogP contribution in [0.15, 0.2) is 83.0 Å². The number of nitrogens with one attached hydrogen (secondary N) is 3. The summed E-state index contributed by atoms with van der Waals surface area (Å²) in [7, 11) is -3.80. The largest absolute Gasteiger partial charge is 0.338 e. The van der Waals surface area contributed by atoms with Gasteiger partial charge in [0.1, 0.15) is 11.3 Å². The van der Waals surface area contributed by atoms with E-state index in [-0.39, 0.29) is 16.6 Å². The van der Waals surface area contributed by atoms with Crippen molar-refractivity contribution in [3.63, 3.8) is 0 Å². The van der Waals surface area contributed by atoms with Crippen LogP contribution in [0.2, 0.25) is 0 Å². The number of fused-ring (bicyclic) bond motifs is 3. The minimum atomic E-state index is -3.80. The zero-order valence-electron chi connectivity index (χ0n) is 19.0. The molecule has 0 radical (unpaired) electrons. The van der Waals surface area contributed by atoms with Crippen molar-refractivity contribution in [2.24, 2.45) is 0 Å². The summed E-state index contributed by atoms with van der Waals surface area (Å²) in [4.78, 5) is 24.7. The van der Waals surface area contributed by atoms with Gasteiger partial charge in [-0.3, -0.25) is 9.52 Å². The Morgan fingerprint density at radius 3 is 2.56 bits per heavy atom. The molecule has 0 saturated heterocycles. The number of sulfonamides is 1. The van der Waals surface area contributed by atoms with Crippen molar-refractivity contribution < 1.29 is 13.2 Å². The molecule has 3 aromatic heterocycles. The Labute approximate surface area is 211 Å². The Hall–Kier alpha value is -4.03. The average Bonchev–Trinajstić information content (AvgIpc) is 3.25. The summed E-state index contributed by atoms with van der Waals surface area (Å²) in [5.74, 6) is -0.0231. The summed E-state index contributed by atoms with van der Waals surface area (Å²) in [6.45, 7) is 1.89. The van der Waals surface area contributed by atoms with Crippen molar-refractivity contribution in [2.45, 2.75) is 28.6 Å². The normalized spacial score (nSPS) is 12.5. The minimum absolute atomic E-state index is 0.0543. The highest BCUT2D eigenvalue weighted by atomic mass is 32.2. The molecule has 0 saturated carbocycles. The SMILES string of the molecule is CCC(Sc1nnc2c(n1)[nH]c1ccccc12)C(=O)Nc1ccc(S(=O)(=O)Nc2ccccn2)cc1. The number of para-hydroxylation sites is 1. The summed E-state index contributed by atoms with van der Waals surface area (Å²) >= 11 is 1.22. The molecule has 0 fully saturated rings. The van der Waals surface area contributed by atoms with Gasteiger partial charge in [0.05, 0.1) is 10.1 Å². The molecule has 0 bridgehead atoms. The number of benzene rings is 2. The van der Waals surface area contributed by atoms with Crippen molar-refractivity contribution in [2.75, 3.05) is 10.0 Å². The number of nitrogens with zero attached hydrogens (tertiary/aromatic N) is 4. The molecule has 3 N–H and O–H groups in total. The van der Waals surface area contributed by atoms with Gasteiger partial charge in [0.15, 0.2) is 5.65 Å². The van der Waals surface area contributed by atoms with Gasteiger partial charge < -0.3 is 10.3 Å². The molecule has 1 atom stereocenters. The van der Waals surface area contributed by atoms with E-state index in [1.807, 2.05) is 31.2 Å². The molecule has 1 amide bonds. The van der Waals surface area contributed by atoms with E-state index in [9.17, 15) is 13.2 Å². The third-order valence-electron chi connectivity index (χ3n) is 5.35. The number of hydrogen-bond donors (Lipinski definition) is 3. The molecule has 5 aromatic rings. The molecule has 1 unspecified atom stereocenters. The topological polar surface area (TPSA) is 143 Å². The van der Waals surface area contributed by atoms with Crippen LogP contribution < -0.4 is 10.0 Å². The summed E-state index contributed by atoms with van der Waals surface area (Å²) in [6.07, 6.45) is 2.03. The second-order valence-electron chi connectivity index (χ2n) is 7.81. The fourth-order valence-corrected chi connectivity index (χ4v) is 5.39. The van der Waals surface area contributed by atoms with Crippen LogP contribution in [0.1, 0.15) is 13.3 Å². The predicted octanol–water partition coefficient (Wildman–Crippen LogP) is 4.21. The molecule has 0 spiro atoms. The van der Waals surface area contributed by atoms with Crippen LogP contribution in [0.3, 0.4) is 0 Å². The van der Waals surface area contributed by atoms with E-state index >= 15 is 0 Å². The number of amides is 1. The van der Waals surface area contributed by atoms with Crippen molar-refractivity contribution in [1.82, 2.24) is 25.1 Å². The number of H-pyrrole nitrogens is 1. The molecule has 36 heavy (non-hydrogen) atoms. The zero-order valence-corrected chi connectivity index (χ0v) is 20.7. The van der Waals surface area contributed by atoms with Crippen LogP contribution >= 0.6 is 11.8 Å². The van der Waals surface area contributed by atoms with Crippen LogP contribution in [-0.4, -0.2) is 44.7 Å². The average molecular weight is 520 g/mol. The van der Waals surface area contributed by atoms with E-state index in [1.165, 1.54) is 42.2 Å². The van der Waals surface area contributed by atoms with Crippen molar-refractivity contribution in [1.29, 1.82) is 0 Å². The quantitative estimate of drug-likeness (QED) is 0.259. The van der Waals surface area contributed by atoms with Crippen LogP contribution in [0, 0.1) is 0 Å². The van der Waals surface area contributed by atoms with Crippen LogP contribution in [0.4, 0.5) is 11.5 Å². The molecule has 3 heterocycles. The fourth-order valence-electron chi connectivity index (χ4n) is 3.57. The van der Waals surface area contributed by atoms with Crippen molar-refractivity contribution in [3.05, 3.63) is 72.9 Å². The minimum Gasteiger partial charge on any atom is -0.338 e. The van der Waals surface area contributed by atoms with Crippen molar-refractivity contribution in [3.8, 4) is 0 Å². The Morgan fingerprint density at radius 1 is 1.03 bits per heavy atom. The fraction of sp³-hybridized carbons (Fsp3) is 0.125. The number of anilines is 2. The van der Waals surface area contributed by atoms with E-state index < -0.39 is 15.3 Å².